The second-order valence-electron chi connectivity index (χ2n) is 6.35. The Morgan fingerprint density at radius 2 is 1.65 bits per heavy atom. The zero-order valence-electron chi connectivity index (χ0n) is 13.5. The summed E-state index contributed by atoms with van der Waals surface area (Å²) in [6, 6.07) is -0.0651. The minimum atomic E-state index is -0.113. The van der Waals surface area contributed by atoms with Gasteiger partial charge in [-0.2, -0.15) is 0 Å². The predicted octanol–water partition coefficient (Wildman–Crippen LogP) is 4.05. The second kappa shape index (κ2) is 9.63. The van der Waals surface area contributed by atoms with Crippen molar-refractivity contribution in [3.05, 3.63) is 0 Å². The van der Waals surface area contributed by atoms with E-state index in [2.05, 4.69) is 37.7 Å². The minimum Gasteiger partial charge on any atom is -0.211 e. The first-order chi connectivity index (χ1) is 9.38. The molecule has 0 aliphatic heterocycles. The maximum absolute atomic E-state index is 10.6. The Labute approximate surface area is 122 Å². The Bertz CT molecular complexity index is 367. The molecule has 0 bridgehead atoms. The zero-order chi connectivity index (χ0) is 15.6. The molecule has 0 aromatic heterocycles. The molecule has 114 valence electrons. The van der Waals surface area contributed by atoms with Gasteiger partial charge < -0.3 is 0 Å². The van der Waals surface area contributed by atoms with Gasteiger partial charge in [0, 0.05) is 0 Å². The van der Waals surface area contributed by atoms with E-state index >= 15 is 0 Å². The van der Waals surface area contributed by atoms with Crippen molar-refractivity contribution in [2.75, 3.05) is 0 Å². The van der Waals surface area contributed by atoms with Crippen LogP contribution in [0.1, 0.15) is 66.7 Å². The molecule has 0 rings (SSSR count). The number of aliphatic imine (C=N–C) groups is 2. The van der Waals surface area contributed by atoms with Gasteiger partial charge in [-0.1, -0.05) is 47.0 Å². The first-order valence-electron chi connectivity index (χ1n) is 7.53. The summed E-state index contributed by atoms with van der Waals surface area (Å²) in [7, 11) is 0. The van der Waals surface area contributed by atoms with Gasteiger partial charge in [0.2, 0.25) is 12.2 Å². The average Bonchev–Trinajstić information content (AvgIpc) is 2.37. The van der Waals surface area contributed by atoms with Crippen molar-refractivity contribution in [3.63, 3.8) is 0 Å². The van der Waals surface area contributed by atoms with Gasteiger partial charge in [0.15, 0.2) is 0 Å². The maximum atomic E-state index is 10.6. The van der Waals surface area contributed by atoms with Gasteiger partial charge in [0.25, 0.3) is 0 Å². The highest BCUT2D eigenvalue weighted by Crippen LogP contribution is 2.34. The van der Waals surface area contributed by atoms with Crippen LogP contribution in [-0.4, -0.2) is 24.2 Å². The van der Waals surface area contributed by atoms with E-state index in [1.807, 2.05) is 6.92 Å². The van der Waals surface area contributed by atoms with E-state index in [-0.39, 0.29) is 23.4 Å². The van der Waals surface area contributed by atoms with E-state index in [1.54, 1.807) is 12.2 Å². The lowest BCUT2D eigenvalue weighted by Gasteiger charge is -2.33. The molecule has 0 saturated carbocycles. The summed E-state index contributed by atoms with van der Waals surface area (Å²) in [5.41, 5.74) is -0.113. The van der Waals surface area contributed by atoms with Crippen molar-refractivity contribution in [1.82, 2.24) is 0 Å². The topological polar surface area (TPSA) is 58.9 Å². The third kappa shape index (κ3) is 6.79. The summed E-state index contributed by atoms with van der Waals surface area (Å²) in [6.07, 6.45) is 8.52. The molecule has 0 aromatic carbocycles. The van der Waals surface area contributed by atoms with Crippen LogP contribution in [0.3, 0.4) is 0 Å². The Kier molecular flexibility index (Phi) is 9.03. The summed E-state index contributed by atoms with van der Waals surface area (Å²) < 4.78 is 0. The van der Waals surface area contributed by atoms with Crippen molar-refractivity contribution in [3.8, 4) is 0 Å². The SMILES string of the molecule is CCCCCC(N=C=O)C(C)CC(C)(C)C(C)N=C=O. The van der Waals surface area contributed by atoms with E-state index in [0.29, 0.717) is 0 Å². The lowest BCUT2D eigenvalue weighted by atomic mass is 9.75. The summed E-state index contributed by atoms with van der Waals surface area (Å²) in [5.74, 6) is 0.271. The highest BCUT2D eigenvalue weighted by atomic mass is 16.1. The molecular weight excluding hydrogens is 252 g/mol. The van der Waals surface area contributed by atoms with Crippen molar-refractivity contribution in [2.24, 2.45) is 21.3 Å². The average molecular weight is 280 g/mol. The summed E-state index contributed by atoms with van der Waals surface area (Å²) in [6.45, 7) is 10.4. The fourth-order valence-corrected chi connectivity index (χ4v) is 2.54. The van der Waals surface area contributed by atoms with Crippen LogP contribution in [-0.2, 0) is 9.59 Å². The number of unbranched alkanes of at least 4 members (excludes halogenated alkanes) is 2. The number of isocyanates is 2. The minimum absolute atomic E-state index is 0.0192. The van der Waals surface area contributed by atoms with Crippen LogP contribution in [0.2, 0.25) is 0 Å². The molecule has 0 aliphatic rings. The van der Waals surface area contributed by atoms with Crippen molar-refractivity contribution in [1.29, 1.82) is 0 Å². The third-order valence-corrected chi connectivity index (χ3v) is 4.20. The largest absolute Gasteiger partial charge is 0.235 e. The van der Waals surface area contributed by atoms with E-state index in [1.165, 1.54) is 0 Å². The molecular formula is C16H28N2O2. The molecule has 0 radical (unpaired) electrons. The lowest BCUT2D eigenvalue weighted by molar-refractivity contribution is 0.213. The third-order valence-electron chi connectivity index (χ3n) is 4.20. The highest BCUT2D eigenvalue weighted by molar-refractivity contribution is 5.34. The molecule has 0 aromatic rings. The van der Waals surface area contributed by atoms with Gasteiger partial charge in [-0.25, -0.2) is 19.6 Å². The molecule has 3 unspecified atom stereocenters. The standard InChI is InChI=1S/C16H28N2O2/c1-6-7-8-9-15(18-12-20)13(2)10-16(4,5)14(3)17-11-19/h13-15H,6-10H2,1-5H3. The van der Waals surface area contributed by atoms with Crippen LogP contribution in [0.5, 0.6) is 0 Å². The normalized spacial score (nSPS) is 15.7. The van der Waals surface area contributed by atoms with Crippen LogP contribution in [0.15, 0.2) is 9.98 Å². The Morgan fingerprint density at radius 1 is 1.05 bits per heavy atom. The van der Waals surface area contributed by atoms with E-state index in [0.717, 1.165) is 32.1 Å². The molecule has 0 N–H and O–H groups in total. The van der Waals surface area contributed by atoms with Gasteiger partial charge in [-0.3, -0.25) is 0 Å². The van der Waals surface area contributed by atoms with Crippen LogP contribution in [0.4, 0.5) is 0 Å². The van der Waals surface area contributed by atoms with Crippen LogP contribution < -0.4 is 0 Å². The number of rotatable bonds is 10. The smallest absolute Gasteiger partial charge is 0.211 e. The first kappa shape index (κ1) is 18.8. The van der Waals surface area contributed by atoms with Crippen LogP contribution in [0.25, 0.3) is 0 Å². The monoisotopic (exact) mass is 280 g/mol. The molecule has 0 spiro atoms. The Balaban J connectivity index is 4.68. The van der Waals surface area contributed by atoms with Gasteiger partial charge in [0.1, 0.15) is 0 Å². The number of carbonyl (C=O) groups excluding carboxylic acids is 2. The summed E-state index contributed by atoms with van der Waals surface area (Å²) in [5, 5.41) is 0. The Hall–Kier alpha value is -1.24. The molecule has 3 atom stereocenters. The van der Waals surface area contributed by atoms with Crippen molar-refractivity contribution < 1.29 is 9.59 Å². The Morgan fingerprint density at radius 3 is 2.15 bits per heavy atom. The number of nitrogens with zero attached hydrogens (tertiary/aromatic N) is 2. The van der Waals surface area contributed by atoms with Gasteiger partial charge in [-0.15, -0.1) is 0 Å². The predicted molar refractivity (Wildman–Crippen MR) is 81.2 cm³/mol. The number of hydrogen-bond acceptors (Lipinski definition) is 4. The molecule has 0 aliphatic carbocycles. The summed E-state index contributed by atoms with van der Waals surface area (Å²) >= 11 is 0. The van der Waals surface area contributed by atoms with Crippen molar-refractivity contribution in [2.45, 2.75) is 78.8 Å². The molecule has 0 saturated heterocycles. The van der Waals surface area contributed by atoms with E-state index < -0.39 is 0 Å². The van der Waals surface area contributed by atoms with E-state index in [9.17, 15) is 9.59 Å². The maximum Gasteiger partial charge on any atom is 0.235 e. The van der Waals surface area contributed by atoms with Crippen LogP contribution in [0, 0.1) is 11.3 Å². The zero-order valence-corrected chi connectivity index (χ0v) is 13.5. The molecule has 0 amide bonds. The molecule has 20 heavy (non-hydrogen) atoms. The second-order valence-corrected chi connectivity index (χ2v) is 6.35. The van der Waals surface area contributed by atoms with Crippen molar-refractivity contribution >= 4 is 12.2 Å². The quantitative estimate of drug-likeness (QED) is 0.344. The number of hydrogen-bond donors (Lipinski definition) is 0. The fourth-order valence-electron chi connectivity index (χ4n) is 2.54. The van der Waals surface area contributed by atoms with Gasteiger partial charge in [0.05, 0.1) is 12.1 Å². The highest BCUT2D eigenvalue weighted by Gasteiger charge is 2.30. The van der Waals surface area contributed by atoms with E-state index in [4.69, 9.17) is 0 Å². The van der Waals surface area contributed by atoms with Gasteiger partial charge >= 0.3 is 0 Å². The first-order valence-corrected chi connectivity index (χ1v) is 7.53. The fraction of sp³-hybridized carbons (Fsp3) is 0.875. The summed E-state index contributed by atoms with van der Waals surface area (Å²) in [4.78, 5) is 28.8. The lowest BCUT2D eigenvalue weighted by Crippen LogP contribution is -2.30. The molecule has 0 fully saturated rings. The molecule has 0 heterocycles. The molecule has 4 nitrogen and oxygen atoms in total. The van der Waals surface area contributed by atoms with Crippen LogP contribution >= 0.6 is 0 Å². The van der Waals surface area contributed by atoms with Gasteiger partial charge in [-0.05, 0) is 31.1 Å². The molecule has 4 heteroatoms.